The number of hydrogen-bond donors (Lipinski definition) is 0. The summed E-state index contributed by atoms with van der Waals surface area (Å²) in [7, 11) is 2.46. The molecule has 0 radical (unpaired) electrons. The number of azide groups is 1. The number of hydrogen-bond acceptors (Lipinski definition) is 7. The molecule has 0 bridgehead atoms. The number of carbonyl (C=O) groups is 3. The summed E-state index contributed by atoms with van der Waals surface area (Å²) in [6.45, 7) is 1.69. The Hall–Kier alpha value is -4.11. The van der Waals surface area contributed by atoms with Gasteiger partial charge in [0.05, 0.1) is 36.5 Å². The molecule has 0 spiro atoms. The molecule has 3 aromatic rings. The summed E-state index contributed by atoms with van der Waals surface area (Å²) in [5, 5.41) is 3.98. The number of benzene rings is 2. The van der Waals surface area contributed by atoms with Gasteiger partial charge in [0.25, 0.3) is 5.91 Å². The van der Waals surface area contributed by atoms with Crippen molar-refractivity contribution in [2.24, 2.45) is 5.11 Å². The Balaban J connectivity index is 2.18. The van der Waals surface area contributed by atoms with Crippen molar-refractivity contribution in [2.45, 2.75) is 25.4 Å². The van der Waals surface area contributed by atoms with Crippen molar-refractivity contribution in [3.63, 3.8) is 0 Å². The zero-order chi connectivity index (χ0) is 27.8. The van der Waals surface area contributed by atoms with Gasteiger partial charge in [0.1, 0.15) is 6.04 Å². The number of pyridine rings is 1. The highest BCUT2D eigenvalue weighted by molar-refractivity contribution is 6.33. The lowest BCUT2D eigenvalue weighted by molar-refractivity contribution is -0.146. The monoisotopic (exact) mass is 555 g/mol. The molecule has 1 amide bonds. The zero-order valence-corrected chi connectivity index (χ0v) is 22.2. The van der Waals surface area contributed by atoms with Crippen LogP contribution in [0.2, 0.25) is 10.0 Å². The molecule has 0 aliphatic carbocycles. The summed E-state index contributed by atoms with van der Waals surface area (Å²) in [4.78, 5) is 47.6. The quantitative estimate of drug-likeness (QED) is 0.135. The van der Waals surface area contributed by atoms with Crippen LogP contribution in [0.15, 0.2) is 65.9 Å². The Kier molecular flexibility index (Phi) is 9.67. The van der Waals surface area contributed by atoms with E-state index in [1.807, 2.05) is 0 Å². The average molecular weight is 556 g/mol. The van der Waals surface area contributed by atoms with Crippen LogP contribution in [-0.2, 0) is 20.7 Å². The molecule has 0 aliphatic heterocycles. The molecule has 1 heterocycles. The van der Waals surface area contributed by atoms with Crippen molar-refractivity contribution >= 4 is 46.7 Å². The van der Waals surface area contributed by atoms with Crippen LogP contribution >= 0.6 is 23.2 Å². The second-order valence-corrected chi connectivity index (χ2v) is 8.88. The minimum absolute atomic E-state index is 0.0114. The van der Waals surface area contributed by atoms with E-state index in [1.54, 1.807) is 37.4 Å². The van der Waals surface area contributed by atoms with Gasteiger partial charge in [0, 0.05) is 33.8 Å². The Morgan fingerprint density at radius 3 is 2.39 bits per heavy atom. The first-order valence-electron chi connectivity index (χ1n) is 11.2. The molecule has 0 saturated heterocycles. The number of methoxy groups -OCH3 is 2. The van der Waals surface area contributed by atoms with Crippen molar-refractivity contribution in [3.8, 4) is 0 Å². The van der Waals surface area contributed by atoms with E-state index in [0.29, 0.717) is 11.3 Å². The predicted molar refractivity (Wildman–Crippen MR) is 141 cm³/mol. The molecule has 38 heavy (non-hydrogen) atoms. The van der Waals surface area contributed by atoms with Gasteiger partial charge in [-0.05, 0) is 60.5 Å². The number of amides is 1. The number of halogens is 2. The van der Waals surface area contributed by atoms with Crippen molar-refractivity contribution in [1.82, 2.24) is 9.88 Å². The highest BCUT2D eigenvalue weighted by Crippen LogP contribution is 2.33. The summed E-state index contributed by atoms with van der Waals surface area (Å²) in [6, 6.07) is 12.1. The van der Waals surface area contributed by atoms with Gasteiger partial charge in [-0.3, -0.25) is 9.78 Å². The predicted octanol–water partition coefficient (Wildman–Crippen LogP) is 6.10. The minimum atomic E-state index is -1.13. The van der Waals surface area contributed by atoms with Crippen LogP contribution in [-0.4, -0.2) is 48.0 Å². The number of carbonyl (C=O) groups excluding carboxylic acids is 3. The molecule has 0 saturated carbocycles. The van der Waals surface area contributed by atoms with E-state index >= 15 is 0 Å². The van der Waals surface area contributed by atoms with E-state index in [4.69, 9.17) is 38.2 Å². The zero-order valence-electron chi connectivity index (χ0n) is 20.7. The number of ether oxygens (including phenoxy) is 2. The van der Waals surface area contributed by atoms with Gasteiger partial charge in [-0.15, -0.1) is 0 Å². The number of rotatable bonds is 9. The molecule has 1 unspecified atom stereocenters. The van der Waals surface area contributed by atoms with Crippen molar-refractivity contribution in [1.29, 1.82) is 0 Å². The average Bonchev–Trinajstić information content (AvgIpc) is 2.92. The summed E-state index contributed by atoms with van der Waals surface area (Å²) in [5.41, 5.74) is 10.3. The highest BCUT2D eigenvalue weighted by Gasteiger charge is 2.37. The van der Waals surface area contributed by atoms with E-state index in [2.05, 4.69) is 15.0 Å². The maximum atomic E-state index is 14.1. The van der Waals surface area contributed by atoms with Crippen molar-refractivity contribution in [3.05, 3.63) is 104 Å². The molecule has 1 aromatic heterocycles. The molecular weight excluding hydrogens is 533 g/mol. The summed E-state index contributed by atoms with van der Waals surface area (Å²) in [6.07, 6.45) is 1.60. The Bertz CT molecular complexity index is 1400. The largest absolute Gasteiger partial charge is 0.467 e. The van der Waals surface area contributed by atoms with E-state index in [9.17, 15) is 14.4 Å². The fraction of sp³-hybridized carbons (Fsp3) is 0.231. The first kappa shape index (κ1) is 28.5. The normalized spacial score (nSPS) is 12.0. The lowest BCUT2D eigenvalue weighted by atomic mass is 9.98. The molecule has 0 N–H and O–H groups in total. The molecule has 0 aliphatic rings. The molecule has 3 rings (SSSR count). The maximum Gasteiger partial charge on any atom is 0.339 e. The van der Waals surface area contributed by atoms with Crippen LogP contribution in [0, 0.1) is 0 Å². The van der Waals surface area contributed by atoms with E-state index < -0.39 is 29.9 Å². The standard InChI is InChI=1S/C26H23Cl2N5O5/c1-15(16-7-9-19(21(28)12-16)25(35)37-2)33(23(26(36)38-3)14-18-6-4-5-11-30-18)24(34)20-10-8-17(27)13-22(20)31-32-29/h4-13,15,23H,14H2,1-3H3/t15?,23-/m1/s1. The molecule has 10 nitrogen and oxygen atoms in total. The van der Waals surface area contributed by atoms with E-state index in [-0.39, 0.29) is 33.3 Å². The third-order valence-corrected chi connectivity index (χ3v) is 6.36. The van der Waals surface area contributed by atoms with Crippen LogP contribution in [0.1, 0.15) is 44.9 Å². The first-order valence-corrected chi connectivity index (χ1v) is 12.0. The van der Waals surface area contributed by atoms with Gasteiger partial charge < -0.3 is 14.4 Å². The van der Waals surface area contributed by atoms with Crippen LogP contribution < -0.4 is 0 Å². The molecule has 12 heteroatoms. The van der Waals surface area contributed by atoms with Crippen LogP contribution in [0.25, 0.3) is 10.4 Å². The Morgan fingerprint density at radius 2 is 1.79 bits per heavy atom. The highest BCUT2D eigenvalue weighted by atomic mass is 35.5. The van der Waals surface area contributed by atoms with Crippen molar-refractivity contribution in [2.75, 3.05) is 14.2 Å². The molecular formula is C26H23Cl2N5O5. The lowest BCUT2D eigenvalue weighted by Crippen LogP contribution is -2.48. The topological polar surface area (TPSA) is 135 Å². The van der Waals surface area contributed by atoms with Crippen LogP contribution in [0.5, 0.6) is 0 Å². The molecule has 0 fully saturated rings. The van der Waals surface area contributed by atoms with Gasteiger partial charge in [-0.25, -0.2) is 9.59 Å². The fourth-order valence-electron chi connectivity index (χ4n) is 3.92. The second kappa shape index (κ2) is 12.9. The fourth-order valence-corrected chi connectivity index (χ4v) is 4.35. The van der Waals surface area contributed by atoms with Crippen LogP contribution in [0.3, 0.4) is 0 Å². The Labute approximate surface area is 228 Å². The third-order valence-electron chi connectivity index (χ3n) is 5.81. The summed E-state index contributed by atoms with van der Waals surface area (Å²) < 4.78 is 9.82. The molecule has 2 atom stereocenters. The number of esters is 2. The van der Waals surface area contributed by atoms with Gasteiger partial charge in [0.2, 0.25) is 0 Å². The molecule has 2 aromatic carbocycles. The van der Waals surface area contributed by atoms with Crippen molar-refractivity contribution < 1.29 is 23.9 Å². The number of aromatic nitrogens is 1. The SMILES string of the molecule is COC(=O)c1ccc(C(C)N(C(=O)c2ccc(Cl)cc2N=[N+]=[N-])[C@H](Cc2ccccn2)C(=O)OC)cc1Cl. The number of nitrogens with zero attached hydrogens (tertiary/aromatic N) is 5. The van der Waals surface area contributed by atoms with Crippen LogP contribution in [0.4, 0.5) is 5.69 Å². The maximum absolute atomic E-state index is 14.1. The lowest BCUT2D eigenvalue weighted by Gasteiger charge is -2.36. The van der Waals surface area contributed by atoms with Gasteiger partial charge in [0.15, 0.2) is 0 Å². The smallest absolute Gasteiger partial charge is 0.339 e. The molecule has 196 valence electrons. The summed E-state index contributed by atoms with van der Waals surface area (Å²) >= 11 is 12.4. The summed E-state index contributed by atoms with van der Waals surface area (Å²) in [5.74, 6) is -1.94. The minimum Gasteiger partial charge on any atom is -0.467 e. The van der Waals surface area contributed by atoms with Gasteiger partial charge >= 0.3 is 11.9 Å². The first-order chi connectivity index (χ1) is 18.2. The second-order valence-electron chi connectivity index (χ2n) is 8.03. The van der Waals surface area contributed by atoms with Gasteiger partial charge in [-0.2, -0.15) is 0 Å². The van der Waals surface area contributed by atoms with E-state index in [1.165, 1.54) is 49.5 Å². The van der Waals surface area contributed by atoms with Gasteiger partial charge in [-0.1, -0.05) is 40.4 Å². The third kappa shape index (κ3) is 6.41. The van der Waals surface area contributed by atoms with E-state index in [0.717, 1.165) is 0 Å². The Morgan fingerprint density at radius 1 is 1.05 bits per heavy atom.